The van der Waals surface area contributed by atoms with Gasteiger partial charge in [-0.3, -0.25) is 4.79 Å². The number of hydrogen-bond donors (Lipinski definition) is 0. The van der Waals surface area contributed by atoms with Crippen LogP contribution in [-0.4, -0.2) is 23.0 Å². The van der Waals surface area contributed by atoms with E-state index in [2.05, 4.69) is 26.0 Å². The molecular weight excluding hydrogens is 635 g/mol. The molecule has 0 bridgehead atoms. The van der Waals surface area contributed by atoms with Gasteiger partial charge >= 0.3 is 6.18 Å². The van der Waals surface area contributed by atoms with Crippen molar-refractivity contribution in [3.8, 4) is 22.9 Å². The van der Waals surface area contributed by atoms with Gasteiger partial charge in [-0.25, -0.2) is 4.98 Å². The average Bonchev–Trinajstić information content (AvgIpc) is 3.03. The van der Waals surface area contributed by atoms with Gasteiger partial charge in [-0.1, -0.05) is 66.7 Å². The smallest absolute Gasteiger partial charge is 0.416 e. The Hall–Kier alpha value is -4.96. The molecule has 1 heterocycles. The highest BCUT2D eigenvalue weighted by Crippen LogP contribution is 2.35. The third-order valence-electron chi connectivity index (χ3n) is 7.06. The number of aromatic nitrogens is 2. The van der Waals surface area contributed by atoms with E-state index in [9.17, 15) is 18.0 Å². The van der Waals surface area contributed by atoms with Gasteiger partial charge in [-0.05, 0) is 68.7 Å². The summed E-state index contributed by atoms with van der Waals surface area (Å²) < 4.78 is 53.9. The SMILES string of the molecule is COc1cc(C=Nn2c(-c3cccc(C(F)(F)F)c3)nc3ccccc3c2=O)c(Br)cc1OCc1cccc2ccccc12. The van der Waals surface area contributed by atoms with Crippen LogP contribution >= 0.6 is 15.9 Å². The number of fused-ring (bicyclic) bond motifs is 2. The lowest BCUT2D eigenvalue weighted by atomic mass is 10.1. The fraction of sp³-hybridized carbons (Fsp3) is 0.0882. The van der Waals surface area contributed by atoms with Crippen LogP contribution in [0.2, 0.25) is 0 Å². The van der Waals surface area contributed by atoms with Crippen molar-refractivity contribution >= 4 is 43.8 Å². The fourth-order valence-electron chi connectivity index (χ4n) is 4.87. The van der Waals surface area contributed by atoms with E-state index in [1.54, 1.807) is 36.4 Å². The molecule has 0 unspecified atom stereocenters. The fourth-order valence-corrected chi connectivity index (χ4v) is 5.29. The molecule has 0 aliphatic rings. The molecule has 0 fully saturated rings. The zero-order chi connectivity index (χ0) is 30.8. The standard InChI is InChI=1S/C34H23BrF3N3O3/c1-43-30-17-24(28(35)18-31(30)44-20-23-11-6-9-21-8-2-3-13-26(21)23)19-39-41-32(22-10-7-12-25(16-22)34(36,37)38)40-29-15-5-4-14-27(29)33(41)42/h2-19H,20H2,1H3. The number of methoxy groups -OCH3 is 1. The van der Waals surface area contributed by atoms with E-state index in [1.165, 1.54) is 25.5 Å². The first-order valence-electron chi connectivity index (χ1n) is 13.4. The lowest BCUT2D eigenvalue weighted by molar-refractivity contribution is -0.137. The largest absolute Gasteiger partial charge is 0.493 e. The molecule has 6 nitrogen and oxygen atoms in total. The number of halogens is 4. The summed E-state index contributed by atoms with van der Waals surface area (Å²) in [7, 11) is 1.51. The van der Waals surface area contributed by atoms with Gasteiger partial charge in [0.2, 0.25) is 0 Å². The summed E-state index contributed by atoms with van der Waals surface area (Å²) in [4.78, 5) is 18.0. The molecule has 0 amide bonds. The molecule has 0 saturated heterocycles. The van der Waals surface area contributed by atoms with Gasteiger partial charge in [0.25, 0.3) is 5.56 Å². The molecular formula is C34H23BrF3N3O3. The van der Waals surface area contributed by atoms with Gasteiger partial charge in [-0.15, -0.1) is 0 Å². The van der Waals surface area contributed by atoms with Crippen LogP contribution < -0.4 is 15.0 Å². The molecule has 220 valence electrons. The summed E-state index contributed by atoms with van der Waals surface area (Å²) >= 11 is 3.55. The molecule has 6 aromatic rings. The second-order valence-electron chi connectivity index (χ2n) is 9.84. The summed E-state index contributed by atoms with van der Waals surface area (Å²) in [5, 5.41) is 6.86. The number of nitrogens with zero attached hydrogens (tertiary/aromatic N) is 3. The Kier molecular flexibility index (Phi) is 7.92. The van der Waals surface area contributed by atoms with E-state index in [0.717, 1.165) is 33.1 Å². The maximum Gasteiger partial charge on any atom is 0.416 e. The Morgan fingerprint density at radius 1 is 0.886 bits per heavy atom. The predicted octanol–water partition coefficient (Wildman–Crippen LogP) is 8.47. The number of benzene rings is 5. The molecule has 0 saturated carbocycles. The van der Waals surface area contributed by atoms with Crippen molar-refractivity contribution in [2.75, 3.05) is 7.11 Å². The summed E-state index contributed by atoms with van der Waals surface area (Å²) in [5.74, 6) is 0.879. The maximum absolute atomic E-state index is 13.5. The van der Waals surface area contributed by atoms with Crippen molar-refractivity contribution in [3.05, 3.63) is 135 Å². The minimum absolute atomic E-state index is 0.0332. The maximum atomic E-state index is 13.5. The van der Waals surface area contributed by atoms with Gasteiger partial charge in [-0.2, -0.15) is 22.9 Å². The van der Waals surface area contributed by atoms with E-state index in [0.29, 0.717) is 33.7 Å². The minimum atomic E-state index is -4.57. The third-order valence-corrected chi connectivity index (χ3v) is 7.75. The van der Waals surface area contributed by atoms with Gasteiger partial charge in [0.15, 0.2) is 17.3 Å². The third kappa shape index (κ3) is 5.80. The second-order valence-corrected chi connectivity index (χ2v) is 10.7. The molecule has 44 heavy (non-hydrogen) atoms. The Bertz CT molecular complexity index is 2100. The minimum Gasteiger partial charge on any atom is -0.493 e. The summed E-state index contributed by atoms with van der Waals surface area (Å²) in [6, 6.07) is 28.7. The van der Waals surface area contributed by atoms with Crippen molar-refractivity contribution in [1.29, 1.82) is 0 Å². The zero-order valence-electron chi connectivity index (χ0n) is 23.2. The molecule has 5 aromatic carbocycles. The average molecular weight is 658 g/mol. The highest BCUT2D eigenvalue weighted by Gasteiger charge is 2.31. The van der Waals surface area contributed by atoms with Crippen molar-refractivity contribution in [1.82, 2.24) is 9.66 Å². The van der Waals surface area contributed by atoms with Gasteiger partial charge in [0.1, 0.15) is 6.61 Å². The second kappa shape index (κ2) is 12.0. The first-order valence-corrected chi connectivity index (χ1v) is 14.2. The topological polar surface area (TPSA) is 65.7 Å². The summed E-state index contributed by atoms with van der Waals surface area (Å²) in [5.41, 5.74) is 0.587. The summed E-state index contributed by atoms with van der Waals surface area (Å²) in [6.07, 6.45) is -3.16. The Balaban J connectivity index is 1.38. The molecule has 0 atom stereocenters. The van der Waals surface area contributed by atoms with Crippen LogP contribution in [0.1, 0.15) is 16.7 Å². The number of hydrogen-bond acceptors (Lipinski definition) is 5. The summed E-state index contributed by atoms with van der Waals surface area (Å²) in [6.45, 7) is 0.302. The lowest BCUT2D eigenvalue weighted by Crippen LogP contribution is -2.20. The Morgan fingerprint density at radius 2 is 1.61 bits per heavy atom. The van der Waals surface area contributed by atoms with Crippen LogP contribution in [0.4, 0.5) is 13.2 Å². The van der Waals surface area contributed by atoms with E-state index < -0.39 is 17.3 Å². The van der Waals surface area contributed by atoms with E-state index >= 15 is 0 Å². The first kappa shape index (κ1) is 29.1. The van der Waals surface area contributed by atoms with Crippen molar-refractivity contribution < 1.29 is 22.6 Å². The van der Waals surface area contributed by atoms with Crippen LogP contribution in [-0.2, 0) is 12.8 Å². The monoisotopic (exact) mass is 657 g/mol. The predicted molar refractivity (Wildman–Crippen MR) is 168 cm³/mol. The molecule has 0 N–H and O–H groups in total. The van der Waals surface area contributed by atoms with Crippen LogP contribution in [0.3, 0.4) is 0 Å². The van der Waals surface area contributed by atoms with E-state index in [1.807, 2.05) is 42.5 Å². The van der Waals surface area contributed by atoms with Gasteiger partial charge in [0.05, 0.1) is 29.8 Å². The van der Waals surface area contributed by atoms with Crippen molar-refractivity contribution in [2.45, 2.75) is 12.8 Å². The quantitative estimate of drug-likeness (QED) is 0.162. The highest BCUT2D eigenvalue weighted by molar-refractivity contribution is 9.10. The Labute approximate surface area is 258 Å². The molecule has 0 spiro atoms. The molecule has 0 aliphatic carbocycles. The molecule has 6 rings (SSSR count). The number of ether oxygens (including phenoxy) is 2. The van der Waals surface area contributed by atoms with Gasteiger partial charge in [0, 0.05) is 15.6 Å². The van der Waals surface area contributed by atoms with Crippen LogP contribution in [0, 0.1) is 0 Å². The number of rotatable bonds is 7. The van der Waals surface area contributed by atoms with Crippen LogP contribution in [0.15, 0.2) is 117 Å². The number of para-hydroxylation sites is 1. The van der Waals surface area contributed by atoms with Gasteiger partial charge < -0.3 is 9.47 Å². The molecule has 1 aromatic heterocycles. The first-order chi connectivity index (χ1) is 21.2. The molecule has 0 aliphatic heterocycles. The number of alkyl halides is 3. The molecule has 10 heteroatoms. The van der Waals surface area contributed by atoms with E-state index in [-0.39, 0.29) is 16.8 Å². The van der Waals surface area contributed by atoms with Crippen molar-refractivity contribution in [3.63, 3.8) is 0 Å². The molecule has 0 radical (unpaired) electrons. The van der Waals surface area contributed by atoms with Crippen LogP contribution in [0.25, 0.3) is 33.1 Å². The lowest BCUT2D eigenvalue weighted by Gasteiger charge is -2.14. The zero-order valence-corrected chi connectivity index (χ0v) is 24.8. The normalized spacial score (nSPS) is 11.8. The van der Waals surface area contributed by atoms with Crippen molar-refractivity contribution in [2.24, 2.45) is 5.10 Å². The Morgan fingerprint density at radius 3 is 2.41 bits per heavy atom. The highest BCUT2D eigenvalue weighted by atomic mass is 79.9. The van der Waals surface area contributed by atoms with Crippen LogP contribution in [0.5, 0.6) is 11.5 Å². The van der Waals surface area contributed by atoms with E-state index in [4.69, 9.17) is 9.47 Å².